The molecule has 102 valence electrons. The number of nitrogens with zero attached hydrogens (tertiary/aromatic N) is 1. The molecule has 0 amide bonds. The van der Waals surface area contributed by atoms with Crippen LogP contribution in [-0.4, -0.2) is 11.6 Å². The molecule has 0 aliphatic carbocycles. The van der Waals surface area contributed by atoms with Crippen molar-refractivity contribution in [1.82, 2.24) is 9.88 Å². The van der Waals surface area contributed by atoms with E-state index in [0.29, 0.717) is 0 Å². The molecule has 0 aliphatic rings. The molecule has 2 aromatic rings. The standard InChI is InChI=1S/C17H24N2/c1-3-4-5-6-7-11-19-12-10-16-9-8-15(14-18-2)13-17(16)19/h3,8-10,12-13,18H,1,4-7,11,14H2,2H3. The Morgan fingerprint density at radius 3 is 2.89 bits per heavy atom. The lowest BCUT2D eigenvalue weighted by molar-refractivity contribution is 0.603. The summed E-state index contributed by atoms with van der Waals surface area (Å²) in [6, 6.07) is 8.93. The molecular formula is C17H24N2. The molecule has 1 aromatic carbocycles. The van der Waals surface area contributed by atoms with E-state index in [9.17, 15) is 0 Å². The first-order valence-electron chi connectivity index (χ1n) is 7.18. The summed E-state index contributed by atoms with van der Waals surface area (Å²) >= 11 is 0. The quantitative estimate of drug-likeness (QED) is 0.555. The Kier molecular flexibility index (Phi) is 5.22. The number of rotatable bonds is 8. The van der Waals surface area contributed by atoms with Crippen LogP contribution in [0.2, 0.25) is 0 Å². The topological polar surface area (TPSA) is 17.0 Å². The smallest absolute Gasteiger partial charge is 0.0483 e. The minimum Gasteiger partial charge on any atom is -0.347 e. The average Bonchev–Trinajstić information content (AvgIpc) is 2.82. The minimum absolute atomic E-state index is 0.931. The molecule has 19 heavy (non-hydrogen) atoms. The molecule has 0 radical (unpaired) electrons. The second-order valence-electron chi connectivity index (χ2n) is 5.07. The molecule has 1 heterocycles. The largest absolute Gasteiger partial charge is 0.347 e. The highest BCUT2D eigenvalue weighted by Crippen LogP contribution is 2.18. The van der Waals surface area contributed by atoms with Crippen LogP contribution in [0.1, 0.15) is 31.2 Å². The predicted octanol–water partition coefficient (Wildman–Crippen LogP) is 4.11. The van der Waals surface area contributed by atoms with Crippen molar-refractivity contribution in [2.75, 3.05) is 7.05 Å². The van der Waals surface area contributed by atoms with Gasteiger partial charge in [-0.1, -0.05) is 24.6 Å². The van der Waals surface area contributed by atoms with E-state index in [-0.39, 0.29) is 0 Å². The Morgan fingerprint density at radius 1 is 1.21 bits per heavy atom. The predicted molar refractivity (Wildman–Crippen MR) is 83.4 cm³/mol. The number of aromatic nitrogens is 1. The van der Waals surface area contributed by atoms with Gasteiger partial charge in [0.2, 0.25) is 0 Å². The zero-order chi connectivity index (χ0) is 13.5. The van der Waals surface area contributed by atoms with Gasteiger partial charge in [0.15, 0.2) is 0 Å². The van der Waals surface area contributed by atoms with Gasteiger partial charge in [-0.15, -0.1) is 6.58 Å². The Morgan fingerprint density at radius 2 is 2.11 bits per heavy atom. The number of unbranched alkanes of at least 4 members (excludes halogenated alkanes) is 3. The van der Waals surface area contributed by atoms with E-state index in [1.54, 1.807) is 0 Å². The van der Waals surface area contributed by atoms with Crippen LogP contribution < -0.4 is 5.32 Å². The van der Waals surface area contributed by atoms with E-state index >= 15 is 0 Å². The second kappa shape index (κ2) is 7.15. The van der Waals surface area contributed by atoms with Crippen LogP contribution in [0, 0.1) is 0 Å². The maximum atomic E-state index is 3.77. The van der Waals surface area contributed by atoms with Crippen LogP contribution in [0.15, 0.2) is 43.1 Å². The van der Waals surface area contributed by atoms with E-state index in [0.717, 1.165) is 19.5 Å². The van der Waals surface area contributed by atoms with Crippen molar-refractivity contribution in [3.05, 3.63) is 48.7 Å². The molecule has 0 spiro atoms. The molecule has 0 unspecified atom stereocenters. The first kappa shape index (κ1) is 13.9. The van der Waals surface area contributed by atoms with Crippen LogP contribution in [-0.2, 0) is 13.1 Å². The van der Waals surface area contributed by atoms with Crippen molar-refractivity contribution >= 4 is 10.9 Å². The third-order valence-corrected chi connectivity index (χ3v) is 3.53. The Hall–Kier alpha value is -1.54. The van der Waals surface area contributed by atoms with E-state index in [2.05, 4.69) is 46.9 Å². The lowest BCUT2D eigenvalue weighted by Gasteiger charge is -2.07. The van der Waals surface area contributed by atoms with E-state index in [1.807, 2.05) is 13.1 Å². The molecule has 1 N–H and O–H groups in total. The first-order chi connectivity index (χ1) is 9.35. The first-order valence-corrected chi connectivity index (χ1v) is 7.18. The van der Waals surface area contributed by atoms with Gasteiger partial charge in [0.25, 0.3) is 0 Å². The van der Waals surface area contributed by atoms with Gasteiger partial charge in [-0.2, -0.15) is 0 Å². The third-order valence-electron chi connectivity index (χ3n) is 3.53. The SMILES string of the molecule is C=CCCCCCn1ccc2ccc(CNC)cc21. The number of benzene rings is 1. The molecule has 0 bridgehead atoms. The number of hydrogen-bond acceptors (Lipinski definition) is 1. The highest BCUT2D eigenvalue weighted by Gasteiger charge is 2.02. The summed E-state index contributed by atoms with van der Waals surface area (Å²) in [7, 11) is 1.99. The van der Waals surface area contributed by atoms with Crippen LogP contribution >= 0.6 is 0 Å². The van der Waals surface area contributed by atoms with Crippen LogP contribution in [0.3, 0.4) is 0 Å². The van der Waals surface area contributed by atoms with Gasteiger partial charge in [0.1, 0.15) is 0 Å². The Bertz CT molecular complexity index is 525. The second-order valence-corrected chi connectivity index (χ2v) is 5.07. The lowest BCUT2D eigenvalue weighted by atomic mass is 10.1. The van der Waals surface area contributed by atoms with Crippen molar-refractivity contribution in [3.8, 4) is 0 Å². The number of aryl methyl sites for hydroxylation is 1. The average molecular weight is 256 g/mol. The molecule has 0 saturated heterocycles. The highest BCUT2D eigenvalue weighted by molar-refractivity contribution is 5.80. The van der Waals surface area contributed by atoms with Crippen molar-refractivity contribution < 1.29 is 0 Å². The lowest BCUT2D eigenvalue weighted by Crippen LogP contribution is -2.05. The highest BCUT2D eigenvalue weighted by atomic mass is 14.9. The van der Waals surface area contributed by atoms with Crippen LogP contribution in [0.5, 0.6) is 0 Å². The third kappa shape index (κ3) is 3.71. The summed E-state index contributed by atoms with van der Waals surface area (Å²) in [6.45, 7) is 5.81. The van der Waals surface area contributed by atoms with Crippen LogP contribution in [0.25, 0.3) is 10.9 Å². The number of hydrogen-bond donors (Lipinski definition) is 1. The number of fused-ring (bicyclic) bond motifs is 1. The molecule has 0 aliphatic heterocycles. The monoisotopic (exact) mass is 256 g/mol. The molecule has 2 nitrogen and oxygen atoms in total. The number of allylic oxidation sites excluding steroid dienone is 1. The van der Waals surface area contributed by atoms with Gasteiger partial charge in [-0.3, -0.25) is 0 Å². The summed E-state index contributed by atoms with van der Waals surface area (Å²) in [5.74, 6) is 0. The molecule has 2 heteroatoms. The van der Waals surface area contributed by atoms with Gasteiger partial charge >= 0.3 is 0 Å². The molecule has 2 rings (SSSR count). The molecule has 0 atom stereocenters. The normalized spacial score (nSPS) is 11.0. The maximum absolute atomic E-state index is 3.77. The maximum Gasteiger partial charge on any atom is 0.0483 e. The summed E-state index contributed by atoms with van der Waals surface area (Å²) in [6.07, 6.45) is 9.14. The molecule has 0 fully saturated rings. The zero-order valence-electron chi connectivity index (χ0n) is 11.9. The Balaban J connectivity index is 2.01. The van der Waals surface area contributed by atoms with Crippen molar-refractivity contribution in [2.24, 2.45) is 0 Å². The van der Waals surface area contributed by atoms with Gasteiger partial charge in [-0.25, -0.2) is 0 Å². The van der Waals surface area contributed by atoms with Gasteiger partial charge < -0.3 is 9.88 Å². The van der Waals surface area contributed by atoms with Gasteiger partial charge in [0.05, 0.1) is 0 Å². The molecular weight excluding hydrogens is 232 g/mol. The Labute approximate surface area is 116 Å². The zero-order valence-corrected chi connectivity index (χ0v) is 11.9. The fraction of sp³-hybridized carbons (Fsp3) is 0.412. The minimum atomic E-state index is 0.931. The van der Waals surface area contributed by atoms with E-state index < -0.39 is 0 Å². The fourth-order valence-corrected chi connectivity index (χ4v) is 2.49. The summed E-state index contributed by atoms with van der Waals surface area (Å²) in [4.78, 5) is 0. The van der Waals surface area contributed by atoms with Crippen molar-refractivity contribution in [3.63, 3.8) is 0 Å². The summed E-state index contributed by atoms with van der Waals surface area (Å²) < 4.78 is 2.38. The van der Waals surface area contributed by atoms with E-state index in [4.69, 9.17) is 0 Å². The molecule has 1 aromatic heterocycles. The van der Waals surface area contributed by atoms with Crippen molar-refractivity contribution in [2.45, 2.75) is 38.8 Å². The van der Waals surface area contributed by atoms with Gasteiger partial charge in [-0.05, 0) is 49.4 Å². The fourth-order valence-electron chi connectivity index (χ4n) is 2.49. The van der Waals surface area contributed by atoms with E-state index in [1.165, 1.54) is 35.7 Å². The summed E-state index contributed by atoms with van der Waals surface area (Å²) in [5, 5.41) is 4.55. The van der Waals surface area contributed by atoms with Crippen LogP contribution in [0.4, 0.5) is 0 Å². The van der Waals surface area contributed by atoms with Gasteiger partial charge in [0, 0.05) is 24.8 Å². The number of nitrogens with one attached hydrogen (secondary N) is 1. The summed E-state index contributed by atoms with van der Waals surface area (Å²) in [5.41, 5.74) is 2.71. The van der Waals surface area contributed by atoms with Crippen molar-refractivity contribution in [1.29, 1.82) is 0 Å². The molecule has 0 saturated carbocycles.